The Kier molecular flexibility index (Phi) is 1.64. The Morgan fingerprint density at radius 2 is 2.23 bits per heavy atom. The largest absolute Gasteiger partial charge is 0.412 e. The first-order valence-corrected chi connectivity index (χ1v) is 3.68. The fourth-order valence-electron chi connectivity index (χ4n) is 1.20. The maximum absolute atomic E-state index is 12.2. The van der Waals surface area contributed by atoms with E-state index >= 15 is 0 Å². The van der Waals surface area contributed by atoms with E-state index in [1.54, 1.807) is 0 Å². The van der Waals surface area contributed by atoms with Crippen molar-refractivity contribution in [2.24, 2.45) is 9.98 Å². The van der Waals surface area contributed by atoms with Gasteiger partial charge in [-0.15, -0.1) is 0 Å². The molecule has 0 saturated carbocycles. The summed E-state index contributed by atoms with van der Waals surface area (Å²) >= 11 is 0. The number of nitrogens with zero attached hydrogens (tertiary/aromatic N) is 3. The maximum Gasteiger partial charge on any atom is 0.412 e. The highest BCUT2D eigenvalue weighted by atomic mass is 19.4. The molecule has 0 fully saturated rings. The van der Waals surface area contributed by atoms with Gasteiger partial charge < -0.3 is 4.90 Å². The summed E-state index contributed by atoms with van der Waals surface area (Å²) in [6.45, 7) is -0.138. The number of hydrogen-bond acceptors (Lipinski definition) is 3. The van der Waals surface area contributed by atoms with Gasteiger partial charge in [-0.05, 0) is 0 Å². The number of alkyl halides is 3. The minimum absolute atomic E-state index is 0.138. The highest BCUT2D eigenvalue weighted by Crippen LogP contribution is 2.27. The molecule has 0 N–H and O–H groups in total. The van der Waals surface area contributed by atoms with Gasteiger partial charge in [-0.3, -0.25) is 9.98 Å². The van der Waals surface area contributed by atoms with Gasteiger partial charge in [0, 0.05) is 12.4 Å². The van der Waals surface area contributed by atoms with Crippen LogP contribution >= 0.6 is 0 Å². The molecular weight excluding hydrogens is 183 g/mol. The molecule has 0 saturated heterocycles. The normalized spacial score (nSPS) is 26.2. The minimum Gasteiger partial charge on any atom is -0.328 e. The third-order valence-corrected chi connectivity index (χ3v) is 1.85. The van der Waals surface area contributed by atoms with Crippen LogP contribution in [-0.2, 0) is 0 Å². The van der Waals surface area contributed by atoms with Gasteiger partial charge >= 0.3 is 6.18 Å². The van der Waals surface area contributed by atoms with E-state index in [1.165, 1.54) is 23.5 Å². The van der Waals surface area contributed by atoms with Gasteiger partial charge in [-0.25, -0.2) is 0 Å². The zero-order chi connectivity index (χ0) is 9.47. The highest BCUT2D eigenvalue weighted by Gasteiger charge is 2.44. The number of amidine groups is 1. The lowest BCUT2D eigenvalue weighted by molar-refractivity contribution is -0.145. The van der Waals surface area contributed by atoms with Crippen molar-refractivity contribution in [3.05, 3.63) is 12.4 Å². The minimum atomic E-state index is -4.26. The van der Waals surface area contributed by atoms with Gasteiger partial charge in [-0.2, -0.15) is 13.2 Å². The van der Waals surface area contributed by atoms with E-state index in [2.05, 4.69) is 9.98 Å². The molecule has 70 valence electrons. The van der Waals surface area contributed by atoms with E-state index in [-0.39, 0.29) is 12.4 Å². The van der Waals surface area contributed by atoms with Crippen LogP contribution in [0.2, 0.25) is 0 Å². The number of rotatable bonds is 0. The predicted octanol–water partition coefficient (Wildman–Crippen LogP) is 1.19. The van der Waals surface area contributed by atoms with E-state index in [0.717, 1.165) is 0 Å². The van der Waals surface area contributed by atoms with Crippen molar-refractivity contribution in [2.75, 3.05) is 6.54 Å². The monoisotopic (exact) mass is 189 g/mol. The third kappa shape index (κ3) is 1.43. The molecule has 0 aromatic rings. The summed E-state index contributed by atoms with van der Waals surface area (Å²) in [5.41, 5.74) is 0. The van der Waals surface area contributed by atoms with Gasteiger partial charge in [-0.1, -0.05) is 0 Å². The van der Waals surface area contributed by atoms with Crippen molar-refractivity contribution >= 4 is 12.1 Å². The van der Waals surface area contributed by atoms with Crippen molar-refractivity contribution in [2.45, 2.75) is 12.2 Å². The molecule has 2 aliphatic rings. The third-order valence-electron chi connectivity index (χ3n) is 1.85. The Hall–Kier alpha value is -1.33. The number of fused-ring (bicyclic) bond motifs is 1. The van der Waals surface area contributed by atoms with Gasteiger partial charge in [0.05, 0.1) is 12.8 Å². The summed E-state index contributed by atoms with van der Waals surface area (Å²) in [7, 11) is 0. The molecule has 1 atom stereocenters. The highest BCUT2D eigenvalue weighted by molar-refractivity contribution is 6.30. The van der Waals surface area contributed by atoms with Gasteiger partial charge in [0.25, 0.3) is 0 Å². The number of aliphatic imine (C=N–C) groups is 2. The van der Waals surface area contributed by atoms with E-state index in [9.17, 15) is 13.2 Å². The molecule has 2 rings (SSSR count). The van der Waals surface area contributed by atoms with Crippen LogP contribution in [0.25, 0.3) is 0 Å². The second kappa shape index (κ2) is 2.58. The molecule has 1 unspecified atom stereocenters. The van der Waals surface area contributed by atoms with Crippen LogP contribution in [0.1, 0.15) is 0 Å². The van der Waals surface area contributed by atoms with E-state index in [0.29, 0.717) is 0 Å². The molecular formula is C7H6F3N3. The lowest BCUT2D eigenvalue weighted by Crippen LogP contribution is -2.33. The molecule has 3 nitrogen and oxygen atoms in total. The zero-order valence-electron chi connectivity index (χ0n) is 6.49. The molecule has 2 aliphatic heterocycles. The molecule has 13 heavy (non-hydrogen) atoms. The van der Waals surface area contributed by atoms with E-state index < -0.39 is 12.2 Å². The summed E-state index contributed by atoms with van der Waals surface area (Å²) in [5.74, 6) is 0.282. The average Bonchev–Trinajstić information content (AvgIpc) is 2.45. The van der Waals surface area contributed by atoms with Crippen LogP contribution in [0.3, 0.4) is 0 Å². The first-order valence-electron chi connectivity index (χ1n) is 3.68. The molecule has 0 aliphatic carbocycles. The average molecular weight is 189 g/mol. The molecule has 2 heterocycles. The van der Waals surface area contributed by atoms with Gasteiger partial charge in [0.15, 0.2) is 6.04 Å². The van der Waals surface area contributed by atoms with Crippen LogP contribution in [0.5, 0.6) is 0 Å². The topological polar surface area (TPSA) is 28.0 Å². The molecule has 0 bridgehead atoms. The fourth-order valence-corrected chi connectivity index (χ4v) is 1.20. The van der Waals surface area contributed by atoms with Gasteiger partial charge in [0.1, 0.15) is 5.84 Å². The zero-order valence-corrected chi connectivity index (χ0v) is 6.49. The molecule has 0 aromatic heterocycles. The van der Waals surface area contributed by atoms with Crippen molar-refractivity contribution in [3.8, 4) is 0 Å². The van der Waals surface area contributed by atoms with Crippen LogP contribution in [0, 0.1) is 0 Å². The molecule has 6 heteroatoms. The standard InChI is InChI=1S/C7H6F3N3/c8-7(9,10)5-4-13-2-1-11-3-6(13)12-5/h1-3,5H,4H2. The van der Waals surface area contributed by atoms with Gasteiger partial charge in [0.2, 0.25) is 0 Å². The Morgan fingerprint density at radius 1 is 1.46 bits per heavy atom. The number of hydrogen-bond donors (Lipinski definition) is 0. The predicted molar refractivity (Wildman–Crippen MR) is 41.6 cm³/mol. The smallest absolute Gasteiger partial charge is 0.328 e. The summed E-state index contributed by atoms with van der Waals surface area (Å²) in [4.78, 5) is 8.62. The summed E-state index contributed by atoms with van der Waals surface area (Å²) < 4.78 is 36.6. The Balaban J connectivity index is 2.21. The SMILES string of the molecule is FC(F)(F)C1CN2C=CN=CC2=N1. The Morgan fingerprint density at radius 3 is 2.85 bits per heavy atom. The fraction of sp³-hybridized carbons (Fsp3) is 0.429. The second-order valence-corrected chi connectivity index (χ2v) is 2.77. The van der Waals surface area contributed by atoms with Crippen LogP contribution in [0.15, 0.2) is 22.4 Å². The van der Waals surface area contributed by atoms with Crippen molar-refractivity contribution in [3.63, 3.8) is 0 Å². The summed E-state index contributed by atoms with van der Waals surface area (Å²) in [5, 5.41) is 0. The van der Waals surface area contributed by atoms with Crippen LogP contribution < -0.4 is 0 Å². The summed E-state index contributed by atoms with van der Waals surface area (Å²) in [6.07, 6.45) is 0.000107. The Labute approximate surface area is 72.3 Å². The van der Waals surface area contributed by atoms with Crippen molar-refractivity contribution in [1.82, 2.24) is 4.90 Å². The van der Waals surface area contributed by atoms with Crippen LogP contribution in [-0.4, -0.2) is 35.7 Å². The summed E-state index contributed by atoms with van der Waals surface area (Å²) in [6, 6.07) is -1.61. The van der Waals surface area contributed by atoms with E-state index in [1.807, 2.05) is 0 Å². The van der Waals surface area contributed by atoms with Crippen molar-refractivity contribution in [1.29, 1.82) is 0 Å². The number of halogens is 3. The first-order chi connectivity index (χ1) is 6.07. The lowest BCUT2D eigenvalue weighted by Gasteiger charge is -2.16. The Bertz CT molecular complexity index is 303. The molecule has 0 amide bonds. The molecule has 0 spiro atoms. The van der Waals surface area contributed by atoms with E-state index in [4.69, 9.17) is 0 Å². The lowest BCUT2D eigenvalue weighted by atomic mass is 10.3. The quantitative estimate of drug-likeness (QED) is 0.562. The molecule has 0 aromatic carbocycles. The van der Waals surface area contributed by atoms with Crippen LogP contribution in [0.4, 0.5) is 13.2 Å². The van der Waals surface area contributed by atoms with Crippen molar-refractivity contribution < 1.29 is 13.2 Å². The second-order valence-electron chi connectivity index (χ2n) is 2.77. The molecule has 0 radical (unpaired) electrons. The maximum atomic E-state index is 12.2. The first kappa shape index (κ1) is 8.28.